The molecule has 0 saturated carbocycles. The monoisotopic (exact) mass is 410 g/mol. The van der Waals surface area contributed by atoms with Gasteiger partial charge < -0.3 is 19.7 Å². The van der Waals surface area contributed by atoms with Crippen molar-refractivity contribution < 1.29 is 14.3 Å². The molecule has 0 aliphatic carbocycles. The number of methoxy groups -OCH3 is 1. The summed E-state index contributed by atoms with van der Waals surface area (Å²) in [6.45, 7) is 4.70. The van der Waals surface area contributed by atoms with E-state index in [4.69, 9.17) is 21.1 Å². The Hall–Kier alpha value is -1.95. The number of hydrogen-bond donors (Lipinski definition) is 1. The van der Waals surface area contributed by atoms with Gasteiger partial charge in [0.1, 0.15) is 6.61 Å². The van der Waals surface area contributed by atoms with Gasteiger partial charge in [-0.25, -0.2) is 0 Å². The van der Waals surface area contributed by atoms with Gasteiger partial charge in [-0.3, -0.25) is 4.79 Å². The third-order valence-corrected chi connectivity index (χ3v) is 4.63. The molecule has 1 aliphatic rings. The first-order chi connectivity index (χ1) is 12.6. The Morgan fingerprint density at radius 2 is 1.96 bits per heavy atom. The first-order valence-corrected chi connectivity index (χ1v) is 9.02. The van der Waals surface area contributed by atoms with Crippen LogP contribution in [0.2, 0.25) is 5.02 Å². The van der Waals surface area contributed by atoms with Crippen molar-refractivity contribution in [2.75, 3.05) is 26.7 Å². The molecule has 1 unspecified atom stereocenters. The standard InChI is InChI=1S/C20H23ClN2O3.ClH/c1-14-12-23(10-9-22-14)20(24)16-5-8-18(19(11-16)25-2)26-13-15-3-6-17(21)7-4-15;/h3-8,11,14,22H,9-10,12-13H2,1-2H3;1H. The van der Waals surface area contributed by atoms with E-state index in [1.165, 1.54) is 0 Å². The van der Waals surface area contributed by atoms with Crippen LogP contribution in [0.3, 0.4) is 0 Å². The summed E-state index contributed by atoms with van der Waals surface area (Å²) in [6, 6.07) is 13.1. The van der Waals surface area contributed by atoms with Crippen LogP contribution in [-0.2, 0) is 6.61 Å². The molecule has 1 saturated heterocycles. The van der Waals surface area contributed by atoms with Gasteiger partial charge in [0.15, 0.2) is 11.5 Å². The number of rotatable bonds is 5. The first kappa shape index (κ1) is 21.4. The Balaban J connectivity index is 0.00000261. The van der Waals surface area contributed by atoms with Crippen LogP contribution < -0.4 is 14.8 Å². The largest absolute Gasteiger partial charge is 0.493 e. The molecular weight excluding hydrogens is 387 g/mol. The van der Waals surface area contributed by atoms with E-state index in [9.17, 15) is 4.79 Å². The van der Waals surface area contributed by atoms with Crippen LogP contribution >= 0.6 is 24.0 Å². The molecule has 0 radical (unpaired) electrons. The van der Waals surface area contributed by atoms with Crippen molar-refractivity contribution in [2.24, 2.45) is 0 Å². The number of carbonyl (C=O) groups excluding carboxylic acids is 1. The van der Waals surface area contributed by atoms with Gasteiger partial charge in [0.2, 0.25) is 0 Å². The van der Waals surface area contributed by atoms with Crippen LogP contribution in [0.4, 0.5) is 0 Å². The van der Waals surface area contributed by atoms with Crippen LogP contribution in [0.1, 0.15) is 22.8 Å². The summed E-state index contributed by atoms with van der Waals surface area (Å²) < 4.78 is 11.3. The SMILES string of the molecule is COc1cc(C(=O)N2CCNC(C)C2)ccc1OCc1ccc(Cl)cc1.Cl. The third-order valence-electron chi connectivity index (χ3n) is 4.37. The molecule has 5 nitrogen and oxygen atoms in total. The maximum absolute atomic E-state index is 12.7. The van der Waals surface area contributed by atoms with Gasteiger partial charge in [0.05, 0.1) is 7.11 Å². The predicted molar refractivity (Wildman–Crippen MR) is 109 cm³/mol. The maximum atomic E-state index is 12.7. The quantitative estimate of drug-likeness (QED) is 0.814. The molecule has 1 aliphatic heterocycles. The molecule has 0 aromatic heterocycles. The second kappa shape index (κ2) is 9.83. The van der Waals surface area contributed by atoms with Crippen molar-refractivity contribution in [3.63, 3.8) is 0 Å². The maximum Gasteiger partial charge on any atom is 0.254 e. The summed E-state index contributed by atoms with van der Waals surface area (Å²) in [5.41, 5.74) is 1.61. The summed E-state index contributed by atoms with van der Waals surface area (Å²) in [7, 11) is 1.58. The molecule has 2 aromatic carbocycles. The predicted octanol–water partition coefficient (Wildman–Crippen LogP) is 3.78. The van der Waals surface area contributed by atoms with Gasteiger partial charge in [-0.15, -0.1) is 12.4 Å². The van der Waals surface area contributed by atoms with Crippen molar-refractivity contribution in [2.45, 2.75) is 19.6 Å². The Kier molecular flexibility index (Phi) is 7.78. The molecule has 1 N–H and O–H groups in total. The molecule has 0 spiro atoms. The zero-order chi connectivity index (χ0) is 18.5. The molecule has 1 fully saturated rings. The van der Waals surface area contributed by atoms with E-state index in [-0.39, 0.29) is 18.3 Å². The minimum absolute atomic E-state index is 0. The molecule has 27 heavy (non-hydrogen) atoms. The second-order valence-corrected chi connectivity index (χ2v) is 6.82. The van der Waals surface area contributed by atoms with Crippen molar-refractivity contribution in [1.29, 1.82) is 0 Å². The summed E-state index contributed by atoms with van der Waals surface area (Å²) in [4.78, 5) is 14.6. The van der Waals surface area contributed by atoms with Crippen LogP contribution in [-0.4, -0.2) is 43.6 Å². The third kappa shape index (κ3) is 5.51. The van der Waals surface area contributed by atoms with Crippen molar-refractivity contribution >= 4 is 29.9 Å². The second-order valence-electron chi connectivity index (χ2n) is 6.39. The number of ether oxygens (including phenoxy) is 2. The lowest BCUT2D eigenvalue weighted by Crippen LogP contribution is -2.51. The van der Waals surface area contributed by atoms with E-state index in [1.807, 2.05) is 29.2 Å². The number of nitrogens with one attached hydrogen (secondary N) is 1. The van der Waals surface area contributed by atoms with Gasteiger partial charge in [-0.1, -0.05) is 23.7 Å². The molecule has 2 aromatic rings. The van der Waals surface area contributed by atoms with Crippen LogP contribution in [0.15, 0.2) is 42.5 Å². The summed E-state index contributed by atoms with van der Waals surface area (Å²) in [6.07, 6.45) is 0. The molecule has 7 heteroatoms. The van der Waals surface area contributed by atoms with Gasteiger partial charge in [0, 0.05) is 36.3 Å². The Bertz CT molecular complexity index is 768. The van der Waals surface area contributed by atoms with Crippen LogP contribution in [0.25, 0.3) is 0 Å². The van der Waals surface area contributed by atoms with Crippen molar-refractivity contribution in [3.05, 3.63) is 58.6 Å². The fourth-order valence-corrected chi connectivity index (χ4v) is 3.09. The highest BCUT2D eigenvalue weighted by molar-refractivity contribution is 6.30. The zero-order valence-corrected chi connectivity index (χ0v) is 17.0. The van der Waals surface area contributed by atoms with Gasteiger partial charge >= 0.3 is 0 Å². The summed E-state index contributed by atoms with van der Waals surface area (Å²) in [5.74, 6) is 1.17. The van der Waals surface area contributed by atoms with E-state index < -0.39 is 0 Å². The van der Waals surface area contributed by atoms with E-state index in [1.54, 1.807) is 25.3 Å². The van der Waals surface area contributed by atoms with Crippen molar-refractivity contribution in [3.8, 4) is 11.5 Å². The Morgan fingerprint density at radius 3 is 2.63 bits per heavy atom. The number of halogens is 2. The minimum Gasteiger partial charge on any atom is -0.493 e. The Morgan fingerprint density at radius 1 is 1.22 bits per heavy atom. The van der Waals surface area contributed by atoms with E-state index >= 15 is 0 Å². The number of benzene rings is 2. The van der Waals surface area contributed by atoms with Crippen LogP contribution in [0, 0.1) is 0 Å². The lowest BCUT2D eigenvalue weighted by molar-refractivity contribution is 0.0708. The molecule has 1 amide bonds. The number of hydrogen-bond acceptors (Lipinski definition) is 4. The molecule has 1 heterocycles. The van der Waals surface area contributed by atoms with Crippen LogP contribution in [0.5, 0.6) is 11.5 Å². The number of piperazine rings is 1. The zero-order valence-electron chi connectivity index (χ0n) is 15.4. The molecule has 146 valence electrons. The number of amides is 1. The first-order valence-electron chi connectivity index (χ1n) is 8.65. The normalized spacial score (nSPS) is 16.4. The molecule has 1 atom stereocenters. The lowest BCUT2D eigenvalue weighted by atomic mass is 10.1. The molecule has 3 rings (SSSR count). The number of nitrogens with zero attached hydrogens (tertiary/aromatic N) is 1. The topological polar surface area (TPSA) is 50.8 Å². The summed E-state index contributed by atoms with van der Waals surface area (Å²) >= 11 is 5.90. The fourth-order valence-electron chi connectivity index (χ4n) is 2.96. The van der Waals surface area contributed by atoms with Gasteiger partial charge in [-0.2, -0.15) is 0 Å². The average Bonchev–Trinajstić information content (AvgIpc) is 2.67. The Labute approximate surface area is 171 Å². The highest BCUT2D eigenvalue weighted by Gasteiger charge is 2.22. The number of carbonyl (C=O) groups is 1. The highest BCUT2D eigenvalue weighted by Crippen LogP contribution is 2.29. The van der Waals surface area contributed by atoms with E-state index in [2.05, 4.69) is 12.2 Å². The highest BCUT2D eigenvalue weighted by atomic mass is 35.5. The molecule has 0 bridgehead atoms. The smallest absolute Gasteiger partial charge is 0.254 e. The van der Waals surface area contributed by atoms with Gasteiger partial charge in [0.25, 0.3) is 5.91 Å². The van der Waals surface area contributed by atoms with E-state index in [0.29, 0.717) is 47.8 Å². The van der Waals surface area contributed by atoms with Crippen molar-refractivity contribution in [1.82, 2.24) is 10.2 Å². The fraction of sp³-hybridized carbons (Fsp3) is 0.350. The minimum atomic E-state index is 0. The average molecular weight is 411 g/mol. The summed E-state index contributed by atoms with van der Waals surface area (Å²) in [5, 5.41) is 4.03. The lowest BCUT2D eigenvalue weighted by Gasteiger charge is -2.32. The van der Waals surface area contributed by atoms with E-state index in [0.717, 1.165) is 12.1 Å². The molecular formula is C20H24Cl2N2O3. The van der Waals surface area contributed by atoms with Gasteiger partial charge in [-0.05, 0) is 42.8 Å².